The van der Waals surface area contributed by atoms with Crippen molar-refractivity contribution in [1.82, 2.24) is 9.62 Å². The normalized spacial score (nSPS) is 11.3. The molecule has 0 aliphatic rings. The molecule has 32 heavy (non-hydrogen) atoms. The van der Waals surface area contributed by atoms with Crippen LogP contribution in [-0.4, -0.2) is 59.1 Å². The van der Waals surface area contributed by atoms with Crippen LogP contribution in [0.1, 0.15) is 19.4 Å². The Balaban J connectivity index is 1.89. The first-order valence-corrected chi connectivity index (χ1v) is 12.0. The molecule has 0 saturated heterocycles. The average Bonchev–Trinajstić information content (AvgIpc) is 2.78. The molecule has 2 rings (SSSR count). The fourth-order valence-electron chi connectivity index (χ4n) is 3.05. The first-order chi connectivity index (χ1) is 15.3. The van der Waals surface area contributed by atoms with E-state index in [1.807, 2.05) is 18.2 Å². The van der Waals surface area contributed by atoms with Crippen LogP contribution in [0.2, 0.25) is 5.02 Å². The van der Waals surface area contributed by atoms with Gasteiger partial charge in [0.05, 0.1) is 24.1 Å². The Morgan fingerprint density at radius 1 is 1.00 bits per heavy atom. The van der Waals surface area contributed by atoms with E-state index < -0.39 is 10.0 Å². The van der Waals surface area contributed by atoms with Gasteiger partial charge in [-0.05, 0) is 42.3 Å². The van der Waals surface area contributed by atoms with Crippen molar-refractivity contribution in [3.05, 3.63) is 47.0 Å². The molecule has 10 heteroatoms. The van der Waals surface area contributed by atoms with Crippen molar-refractivity contribution in [3.8, 4) is 17.2 Å². The Morgan fingerprint density at radius 3 is 2.25 bits per heavy atom. The lowest BCUT2D eigenvalue weighted by Gasteiger charge is -2.19. The highest BCUT2D eigenvalue weighted by Crippen LogP contribution is 2.29. The van der Waals surface area contributed by atoms with Crippen LogP contribution in [-0.2, 0) is 21.2 Å². The van der Waals surface area contributed by atoms with E-state index in [1.54, 1.807) is 28.1 Å². The van der Waals surface area contributed by atoms with Crippen LogP contribution in [0.5, 0.6) is 17.2 Å². The molecule has 0 fully saturated rings. The van der Waals surface area contributed by atoms with Gasteiger partial charge in [0.25, 0.3) is 5.91 Å². The molecule has 2 aromatic rings. The number of hydrogen-bond acceptors (Lipinski definition) is 6. The average molecular weight is 485 g/mol. The van der Waals surface area contributed by atoms with Gasteiger partial charge in [0.15, 0.2) is 18.1 Å². The fourth-order valence-corrected chi connectivity index (χ4v) is 4.83. The summed E-state index contributed by atoms with van der Waals surface area (Å²) >= 11 is 6.19. The summed E-state index contributed by atoms with van der Waals surface area (Å²) < 4.78 is 42.4. The number of halogens is 1. The van der Waals surface area contributed by atoms with Gasteiger partial charge < -0.3 is 19.5 Å². The molecule has 0 bridgehead atoms. The molecule has 176 valence electrons. The van der Waals surface area contributed by atoms with Crippen molar-refractivity contribution >= 4 is 27.5 Å². The van der Waals surface area contributed by atoms with Crippen LogP contribution in [0.15, 0.2) is 41.3 Å². The molecule has 0 unspecified atom stereocenters. The Labute approximate surface area is 194 Å². The second-order valence-electron chi connectivity index (χ2n) is 6.76. The maximum atomic E-state index is 12.6. The van der Waals surface area contributed by atoms with Crippen molar-refractivity contribution in [1.29, 1.82) is 0 Å². The standard InChI is InChI=1S/C22H29ClN2O6S/c1-5-25(6-2)32(27,28)17-8-10-19(18(23)14-17)31-15-22(26)24-12-11-16-7-9-20(29-3)21(13-16)30-4/h7-10,13-14H,5-6,11-12,15H2,1-4H3,(H,24,26). The molecular formula is C22H29ClN2O6S. The number of amides is 1. The molecule has 0 atom stereocenters. The summed E-state index contributed by atoms with van der Waals surface area (Å²) in [6.45, 7) is 4.42. The first kappa shape index (κ1) is 25.8. The van der Waals surface area contributed by atoms with Crippen LogP contribution in [0.4, 0.5) is 0 Å². The minimum Gasteiger partial charge on any atom is -0.493 e. The number of benzene rings is 2. The smallest absolute Gasteiger partial charge is 0.257 e. The maximum absolute atomic E-state index is 12.6. The van der Waals surface area contributed by atoms with Gasteiger partial charge >= 0.3 is 0 Å². The molecule has 0 heterocycles. The van der Waals surface area contributed by atoms with Gasteiger partial charge in [0, 0.05) is 19.6 Å². The molecule has 1 amide bonds. The van der Waals surface area contributed by atoms with E-state index in [1.165, 1.54) is 22.5 Å². The largest absolute Gasteiger partial charge is 0.493 e. The number of carbonyl (C=O) groups excluding carboxylic acids is 1. The highest BCUT2D eigenvalue weighted by molar-refractivity contribution is 7.89. The number of ether oxygens (including phenoxy) is 3. The van der Waals surface area contributed by atoms with E-state index in [-0.39, 0.29) is 28.2 Å². The highest BCUT2D eigenvalue weighted by atomic mass is 35.5. The van der Waals surface area contributed by atoms with Gasteiger partial charge in [0.2, 0.25) is 10.0 Å². The van der Waals surface area contributed by atoms with E-state index in [9.17, 15) is 13.2 Å². The van der Waals surface area contributed by atoms with Crippen molar-refractivity contribution < 1.29 is 27.4 Å². The van der Waals surface area contributed by atoms with Crippen molar-refractivity contribution in [3.63, 3.8) is 0 Å². The summed E-state index contributed by atoms with van der Waals surface area (Å²) in [5.41, 5.74) is 0.983. The number of rotatable bonds is 12. The summed E-state index contributed by atoms with van der Waals surface area (Å²) in [5, 5.41) is 2.89. The van der Waals surface area contributed by atoms with E-state index in [2.05, 4.69) is 5.32 Å². The lowest BCUT2D eigenvalue weighted by Crippen LogP contribution is -2.31. The van der Waals surface area contributed by atoms with Gasteiger partial charge in [-0.3, -0.25) is 4.79 Å². The van der Waals surface area contributed by atoms with Crippen LogP contribution >= 0.6 is 11.6 Å². The van der Waals surface area contributed by atoms with E-state index in [0.717, 1.165) is 5.56 Å². The molecule has 0 spiro atoms. The van der Waals surface area contributed by atoms with Crippen LogP contribution < -0.4 is 19.5 Å². The fraction of sp³-hybridized carbons (Fsp3) is 0.409. The number of methoxy groups -OCH3 is 2. The number of hydrogen-bond donors (Lipinski definition) is 1. The van der Waals surface area contributed by atoms with Gasteiger partial charge in [-0.25, -0.2) is 8.42 Å². The zero-order valence-electron chi connectivity index (χ0n) is 18.7. The predicted octanol–water partition coefficient (Wildman–Crippen LogP) is 3.13. The number of nitrogens with zero attached hydrogens (tertiary/aromatic N) is 1. The van der Waals surface area contributed by atoms with E-state index in [4.69, 9.17) is 25.8 Å². The summed E-state index contributed by atoms with van der Waals surface area (Å²) in [6.07, 6.45) is 0.602. The summed E-state index contributed by atoms with van der Waals surface area (Å²) in [5.74, 6) is 1.18. The van der Waals surface area contributed by atoms with Crippen LogP contribution in [0.3, 0.4) is 0 Å². The minimum absolute atomic E-state index is 0.0814. The highest BCUT2D eigenvalue weighted by Gasteiger charge is 2.22. The number of sulfonamides is 1. The quantitative estimate of drug-likeness (QED) is 0.497. The van der Waals surface area contributed by atoms with Crippen LogP contribution in [0, 0.1) is 0 Å². The third-order valence-corrected chi connectivity index (χ3v) is 7.13. The van der Waals surface area contributed by atoms with Gasteiger partial charge in [-0.1, -0.05) is 31.5 Å². The Kier molecular flexibility index (Phi) is 9.61. The van der Waals surface area contributed by atoms with Gasteiger partial charge in [-0.2, -0.15) is 4.31 Å². The number of nitrogens with one attached hydrogen (secondary N) is 1. The third kappa shape index (κ3) is 6.51. The topological polar surface area (TPSA) is 94.2 Å². The Bertz CT molecular complexity index is 1030. The predicted molar refractivity (Wildman–Crippen MR) is 123 cm³/mol. The van der Waals surface area contributed by atoms with Gasteiger partial charge in [0.1, 0.15) is 5.75 Å². The Hall–Kier alpha value is -2.49. The molecule has 0 aliphatic heterocycles. The molecule has 0 saturated carbocycles. The van der Waals surface area contributed by atoms with E-state index >= 15 is 0 Å². The molecule has 0 radical (unpaired) electrons. The summed E-state index contributed by atoms with van der Waals surface area (Å²) in [4.78, 5) is 12.2. The van der Waals surface area contributed by atoms with Gasteiger partial charge in [-0.15, -0.1) is 0 Å². The van der Waals surface area contributed by atoms with Crippen molar-refractivity contribution in [2.24, 2.45) is 0 Å². The minimum atomic E-state index is -3.62. The zero-order chi connectivity index (χ0) is 23.7. The lowest BCUT2D eigenvalue weighted by molar-refractivity contribution is -0.123. The molecule has 2 aromatic carbocycles. The molecule has 8 nitrogen and oxygen atoms in total. The molecular weight excluding hydrogens is 456 g/mol. The maximum Gasteiger partial charge on any atom is 0.257 e. The molecule has 0 aliphatic carbocycles. The zero-order valence-corrected chi connectivity index (χ0v) is 20.3. The SMILES string of the molecule is CCN(CC)S(=O)(=O)c1ccc(OCC(=O)NCCc2ccc(OC)c(OC)c2)c(Cl)c1. The molecule has 1 N–H and O–H groups in total. The third-order valence-electron chi connectivity index (χ3n) is 4.79. The lowest BCUT2D eigenvalue weighted by atomic mass is 10.1. The first-order valence-electron chi connectivity index (χ1n) is 10.2. The van der Waals surface area contributed by atoms with Crippen molar-refractivity contribution in [2.75, 3.05) is 40.5 Å². The monoisotopic (exact) mass is 484 g/mol. The van der Waals surface area contributed by atoms with Crippen molar-refractivity contribution in [2.45, 2.75) is 25.2 Å². The Morgan fingerprint density at radius 2 is 1.66 bits per heavy atom. The molecule has 0 aromatic heterocycles. The summed E-state index contributed by atoms with van der Waals surface area (Å²) in [7, 11) is -0.485. The second kappa shape index (κ2) is 11.9. The second-order valence-corrected chi connectivity index (χ2v) is 9.10. The van der Waals surface area contributed by atoms with Crippen LogP contribution in [0.25, 0.3) is 0 Å². The number of carbonyl (C=O) groups is 1. The summed E-state index contributed by atoms with van der Waals surface area (Å²) in [6, 6.07) is 9.77. The van der Waals surface area contributed by atoms with E-state index in [0.29, 0.717) is 37.6 Å².